The van der Waals surface area contributed by atoms with E-state index in [1.54, 1.807) is 6.42 Å². The first-order valence-electron chi connectivity index (χ1n) is 4.40. The number of alkyl halides is 1. The quantitative estimate of drug-likeness (QED) is 0.454. The average molecular weight is 246 g/mol. The van der Waals surface area contributed by atoms with Crippen LogP contribution in [0.2, 0.25) is 0 Å². The van der Waals surface area contributed by atoms with Gasteiger partial charge in [0.1, 0.15) is 0 Å². The molecule has 0 spiro atoms. The van der Waals surface area contributed by atoms with Gasteiger partial charge >= 0.3 is 0 Å². The highest BCUT2D eigenvalue weighted by molar-refractivity contribution is 14.1. The van der Waals surface area contributed by atoms with Gasteiger partial charge in [0, 0.05) is 3.92 Å². The molecule has 0 aromatic carbocycles. The molecule has 7 atom stereocenters. The predicted molar refractivity (Wildman–Crippen MR) is 48.0 cm³/mol. The Morgan fingerprint density at radius 3 is 2.80 bits per heavy atom. The van der Waals surface area contributed by atoms with E-state index in [4.69, 9.17) is 0 Å². The van der Waals surface area contributed by atoms with Gasteiger partial charge in [0.15, 0.2) is 0 Å². The maximum absolute atomic E-state index is 2.69. The summed E-state index contributed by atoms with van der Waals surface area (Å²) in [7, 11) is 0. The molecular weight excluding hydrogens is 235 g/mol. The van der Waals surface area contributed by atoms with E-state index >= 15 is 0 Å². The Hall–Kier alpha value is 0.730. The predicted octanol–water partition coefficient (Wildman–Crippen LogP) is 2.32. The zero-order chi connectivity index (χ0) is 6.67. The summed E-state index contributed by atoms with van der Waals surface area (Å²) in [4.78, 5) is 0. The lowest BCUT2D eigenvalue weighted by atomic mass is 9.54. The third kappa shape index (κ3) is 0.286. The minimum atomic E-state index is 0.864. The smallest absolute Gasteiger partial charge is 0.0206 e. The third-order valence-corrected chi connectivity index (χ3v) is 7.03. The average Bonchev–Trinajstić information content (AvgIpc) is 2.63. The number of fused-ring (bicyclic) bond motifs is 7. The molecule has 0 aliphatic heterocycles. The van der Waals surface area contributed by atoms with E-state index in [1.165, 1.54) is 29.6 Å². The zero-order valence-electron chi connectivity index (χ0n) is 6.05. The van der Waals surface area contributed by atoms with Crippen LogP contribution >= 0.6 is 22.6 Å². The first-order chi connectivity index (χ1) is 4.76. The third-order valence-electron chi connectivity index (χ3n) is 4.91. The van der Waals surface area contributed by atoms with Gasteiger partial charge in [-0.05, 0) is 41.4 Å². The highest BCUT2D eigenvalue weighted by Gasteiger charge is 2.88. The second kappa shape index (κ2) is 1.12. The van der Waals surface area contributed by atoms with Crippen LogP contribution in [0.25, 0.3) is 0 Å². The second-order valence-electron chi connectivity index (χ2n) is 4.96. The summed E-state index contributed by atoms with van der Waals surface area (Å²) in [5.41, 5.74) is 0.864. The number of rotatable bonds is 0. The summed E-state index contributed by atoms with van der Waals surface area (Å²) < 4.78 is 1.08. The Balaban J connectivity index is 1.81. The lowest BCUT2D eigenvalue weighted by Crippen LogP contribution is -2.47. The van der Waals surface area contributed by atoms with Gasteiger partial charge in [-0.3, -0.25) is 0 Å². The molecular formula is C9H11I. The van der Waals surface area contributed by atoms with E-state index in [1.807, 2.05) is 0 Å². The van der Waals surface area contributed by atoms with Crippen molar-refractivity contribution in [3.05, 3.63) is 0 Å². The maximum atomic E-state index is 2.69. The van der Waals surface area contributed by atoms with Crippen LogP contribution in [0.1, 0.15) is 13.3 Å². The number of hydrogen-bond donors (Lipinski definition) is 0. The van der Waals surface area contributed by atoms with Crippen molar-refractivity contribution in [2.75, 3.05) is 0 Å². The molecule has 0 N–H and O–H groups in total. The fraction of sp³-hybridized carbons (Fsp3) is 1.00. The van der Waals surface area contributed by atoms with Gasteiger partial charge < -0.3 is 0 Å². The van der Waals surface area contributed by atoms with Crippen LogP contribution in [-0.2, 0) is 0 Å². The van der Waals surface area contributed by atoms with Gasteiger partial charge in [0.25, 0.3) is 0 Å². The molecule has 0 aromatic heterocycles. The van der Waals surface area contributed by atoms with Crippen molar-refractivity contribution in [1.82, 2.24) is 0 Å². The molecule has 1 heteroatoms. The summed E-state index contributed by atoms with van der Waals surface area (Å²) in [5.74, 6) is 6.09. The molecule has 0 aromatic rings. The van der Waals surface area contributed by atoms with Gasteiger partial charge in [-0.15, -0.1) is 0 Å². The minimum absolute atomic E-state index is 0.864. The minimum Gasteiger partial charge on any atom is -0.0817 e. The first-order valence-corrected chi connectivity index (χ1v) is 5.65. The van der Waals surface area contributed by atoms with Crippen molar-refractivity contribution in [2.45, 2.75) is 17.3 Å². The van der Waals surface area contributed by atoms with Crippen LogP contribution in [0.5, 0.6) is 0 Å². The molecule has 7 unspecified atom stereocenters. The van der Waals surface area contributed by atoms with Crippen LogP contribution in [0.4, 0.5) is 0 Å². The van der Waals surface area contributed by atoms with Crippen molar-refractivity contribution in [3.8, 4) is 0 Å². The van der Waals surface area contributed by atoms with Crippen molar-refractivity contribution < 1.29 is 0 Å². The van der Waals surface area contributed by atoms with E-state index in [9.17, 15) is 0 Å². The molecule has 4 aliphatic carbocycles. The Morgan fingerprint density at radius 2 is 2.10 bits per heavy atom. The molecule has 4 saturated carbocycles. The SMILES string of the molecule is CC12C(I)C1C1C3CC3C12. The Morgan fingerprint density at radius 1 is 1.30 bits per heavy atom. The van der Waals surface area contributed by atoms with Crippen LogP contribution < -0.4 is 0 Å². The van der Waals surface area contributed by atoms with Gasteiger partial charge in [-0.2, -0.15) is 0 Å². The topological polar surface area (TPSA) is 0 Å². The van der Waals surface area contributed by atoms with E-state index in [0.29, 0.717) is 0 Å². The Kier molecular flexibility index (Phi) is 0.604. The Labute approximate surface area is 74.9 Å². The van der Waals surface area contributed by atoms with Gasteiger partial charge in [0.05, 0.1) is 0 Å². The summed E-state index contributed by atoms with van der Waals surface area (Å²) in [6.45, 7) is 2.53. The molecule has 0 bridgehead atoms. The standard InChI is InChI=1S/C9H11I/c1-9-6-4-2-3(4)5(6)7(9)8(9)10/h3-8H,2H2,1H3. The molecule has 0 radical (unpaired) electrons. The molecule has 54 valence electrons. The summed E-state index contributed by atoms with van der Waals surface area (Å²) in [5, 5.41) is 0. The maximum Gasteiger partial charge on any atom is 0.0206 e. The zero-order valence-corrected chi connectivity index (χ0v) is 8.21. The fourth-order valence-electron chi connectivity index (χ4n) is 4.27. The second-order valence-corrected chi connectivity index (χ2v) is 6.30. The lowest BCUT2D eigenvalue weighted by molar-refractivity contribution is -0.0386. The highest BCUT2D eigenvalue weighted by atomic mass is 127. The van der Waals surface area contributed by atoms with Crippen molar-refractivity contribution >= 4 is 22.6 Å². The molecule has 4 fully saturated rings. The van der Waals surface area contributed by atoms with Gasteiger partial charge in [-0.1, -0.05) is 29.5 Å². The van der Waals surface area contributed by atoms with E-state index < -0.39 is 0 Å². The highest BCUT2D eigenvalue weighted by Crippen LogP contribution is 2.91. The first kappa shape index (κ1) is 5.39. The summed E-state index contributed by atoms with van der Waals surface area (Å²) in [6, 6.07) is 0. The fourth-order valence-corrected chi connectivity index (χ4v) is 6.15. The molecule has 4 rings (SSSR count). The van der Waals surface area contributed by atoms with Crippen LogP contribution in [-0.4, -0.2) is 3.92 Å². The molecule has 0 saturated heterocycles. The number of hydrogen-bond acceptors (Lipinski definition) is 0. The summed E-state index contributed by atoms with van der Waals surface area (Å²) >= 11 is 2.69. The number of halogens is 1. The molecule has 4 aliphatic rings. The Bertz CT molecular complexity index is 237. The van der Waals surface area contributed by atoms with Crippen molar-refractivity contribution in [1.29, 1.82) is 0 Å². The molecule has 0 amide bonds. The van der Waals surface area contributed by atoms with E-state index in [2.05, 4.69) is 29.5 Å². The largest absolute Gasteiger partial charge is 0.0817 e. The van der Waals surface area contributed by atoms with Crippen molar-refractivity contribution in [2.24, 2.45) is 35.0 Å². The van der Waals surface area contributed by atoms with E-state index in [0.717, 1.165) is 9.34 Å². The summed E-state index contributed by atoms with van der Waals surface area (Å²) in [6.07, 6.45) is 1.62. The lowest BCUT2D eigenvalue weighted by Gasteiger charge is -2.50. The van der Waals surface area contributed by atoms with Crippen LogP contribution in [0, 0.1) is 35.0 Å². The van der Waals surface area contributed by atoms with Crippen LogP contribution in [0.3, 0.4) is 0 Å². The van der Waals surface area contributed by atoms with Gasteiger partial charge in [-0.25, -0.2) is 0 Å². The normalized spacial score (nSPS) is 87.0. The molecule has 0 heterocycles. The van der Waals surface area contributed by atoms with Gasteiger partial charge in [0.2, 0.25) is 0 Å². The van der Waals surface area contributed by atoms with Crippen LogP contribution in [0.15, 0.2) is 0 Å². The molecule has 10 heavy (non-hydrogen) atoms. The van der Waals surface area contributed by atoms with E-state index in [-0.39, 0.29) is 0 Å². The van der Waals surface area contributed by atoms with Crippen molar-refractivity contribution in [3.63, 3.8) is 0 Å². The molecule has 0 nitrogen and oxygen atoms in total. The monoisotopic (exact) mass is 246 g/mol.